The van der Waals surface area contributed by atoms with E-state index < -0.39 is 0 Å². The smallest absolute Gasteiger partial charge is 0.319 e. The van der Waals surface area contributed by atoms with Crippen LogP contribution in [0.2, 0.25) is 0 Å². The van der Waals surface area contributed by atoms with Crippen LogP contribution in [0.3, 0.4) is 0 Å². The minimum atomic E-state index is -0.245. The maximum atomic E-state index is 12.5. The van der Waals surface area contributed by atoms with Crippen molar-refractivity contribution in [1.82, 2.24) is 15.5 Å². The Labute approximate surface area is 149 Å². The first-order valence-electron chi connectivity index (χ1n) is 8.13. The minimum Gasteiger partial charge on any atom is -0.339 e. The van der Waals surface area contributed by atoms with Gasteiger partial charge in [-0.05, 0) is 64.0 Å². The Morgan fingerprint density at radius 2 is 1.75 bits per heavy atom. The van der Waals surface area contributed by atoms with E-state index >= 15 is 0 Å². The average molecular weight is 355 g/mol. The molecule has 0 radical (unpaired) electrons. The molecule has 0 aliphatic carbocycles. The molecule has 3 N–H and O–H groups in total. The van der Waals surface area contributed by atoms with Crippen LogP contribution in [-0.2, 0) is 0 Å². The molecule has 2 rings (SSSR count). The van der Waals surface area contributed by atoms with Gasteiger partial charge in [-0.2, -0.15) is 0 Å². The van der Waals surface area contributed by atoms with Crippen LogP contribution in [0.4, 0.5) is 10.5 Å². The minimum absolute atomic E-state index is 0. The van der Waals surface area contributed by atoms with Crippen molar-refractivity contribution in [3.05, 3.63) is 29.8 Å². The standard InChI is InChI=1S/C17H26N4O2.ClH/c1-12(2)19-17(23)20-14-6-4-13(5-7-14)16(22)21(3)15-8-10-18-11-9-15;/h4-7,12,15,18H,8-11H2,1-3H3,(H2,19,20,23);1H. The highest BCUT2D eigenvalue weighted by Crippen LogP contribution is 2.16. The number of hydrogen-bond donors (Lipinski definition) is 3. The summed E-state index contributed by atoms with van der Waals surface area (Å²) in [5.41, 5.74) is 1.31. The van der Waals surface area contributed by atoms with Gasteiger partial charge in [-0.3, -0.25) is 4.79 Å². The Morgan fingerprint density at radius 1 is 1.17 bits per heavy atom. The van der Waals surface area contributed by atoms with Crippen molar-refractivity contribution in [2.45, 2.75) is 38.8 Å². The predicted octanol–water partition coefficient (Wildman–Crippen LogP) is 2.46. The third kappa shape index (κ3) is 5.69. The van der Waals surface area contributed by atoms with Crippen LogP contribution in [0, 0.1) is 0 Å². The highest BCUT2D eigenvalue weighted by molar-refractivity contribution is 5.95. The third-order valence-electron chi connectivity index (χ3n) is 3.99. The van der Waals surface area contributed by atoms with Crippen LogP contribution in [0.5, 0.6) is 0 Å². The molecule has 7 heteroatoms. The molecule has 1 aromatic rings. The van der Waals surface area contributed by atoms with E-state index in [1.807, 2.05) is 25.8 Å². The van der Waals surface area contributed by atoms with E-state index in [1.54, 1.807) is 24.3 Å². The average Bonchev–Trinajstić information content (AvgIpc) is 2.54. The normalized spacial score (nSPS) is 14.7. The van der Waals surface area contributed by atoms with Crippen molar-refractivity contribution in [3.8, 4) is 0 Å². The summed E-state index contributed by atoms with van der Waals surface area (Å²) in [6.07, 6.45) is 1.97. The Morgan fingerprint density at radius 3 is 2.29 bits per heavy atom. The molecule has 1 saturated heterocycles. The largest absolute Gasteiger partial charge is 0.339 e. The van der Waals surface area contributed by atoms with Crippen molar-refractivity contribution < 1.29 is 9.59 Å². The van der Waals surface area contributed by atoms with Gasteiger partial charge in [-0.25, -0.2) is 4.79 Å². The van der Waals surface area contributed by atoms with Crippen LogP contribution in [0.1, 0.15) is 37.0 Å². The maximum absolute atomic E-state index is 12.5. The van der Waals surface area contributed by atoms with Gasteiger partial charge in [-0.15, -0.1) is 12.4 Å². The molecule has 0 atom stereocenters. The second kappa shape index (κ2) is 9.49. The predicted molar refractivity (Wildman–Crippen MR) is 99.0 cm³/mol. The number of piperidine rings is 1. The molecule has 1 fully saturated rings. The van der Waals surface area contributed by atoms with Gasteiger partial charge in [0, 0.05) is 30.4 Å². The van der Waals surface area contributed by atoms with Crippen molar-refractivity contribution in [2.75, 3.05) is 25.5 Å². The summed E-state index contributed by atoms with van der Waals surface area (Å²) in [5, 5.41) is 8.81. The van der Waals surface area contributed by atoms with Gasteiger partial charge in [0.15, 0.2) is 0 Å². The fourth-order valence-corrected chi connectivity index (χ4v) is 2.69. The van der Waals surface area contributed by atoms with Crippen LogP contribution in [-0.4, -0.2) is 49.1 Å². The van der Waals surface area contributed by atoms with Gasteiger partial charge < -0.3 is 20.9 Å². The molecule has 134 valence electrons. The van der Waals surface area contributed by atoms with Crippen LogP contribution >= 0.6 is 12.4 Å². The Balaban J connectivity index is 0.00000288. The highest BCUT2D eigenvalue weighted by Gasteiger charge is 2.22. The second-order valence-corrected chi connectivity index (χ2v) is 6.23. The lowest BCUT2D eigenvalue weighted by Gasteiger charge is -2.31. The van der Waals surface area contributed by atoms with Gasteiger partial charge in [-0.1, -0.05) is 0 Å². The van der Waals surface area contributed by atoms with Gasteiger partial charge in [0.2, 0.25) is 0 Å². The number of amides is 3. The Bertz CT molecular complexity index is 542. The molecular weight excluding hydrogens is 328 g/mol. The summed E-state index contributed by atoms with van der Waals surface area (Å²) >= 11 is 0. The number of carbonyl (C=O) groups is 2. The Hall–Kier alpha value is -1.79. The fourth-order valence-electron chi connectivity index (χ4n) is 2.69. The monoisotopic (exact) mass is 354 g/mol. The zero-order valence-electron chi connectivity index (χ0n) is 14.5. The van der Waals surface area contributed by atoms with Crippen molar-refractivity contribution in [2.24, 2.45) is 0 Å². The van der Waals surface area contributed by atoms with Crippen molar-refractivity contribution in [1.29, 1.82) is 0 Å². The topological polar surface area (TPSA) is 73.5 Å². The lowest BCUT2D eigenvalue weighted by atomic mass is 10.0. The lowest BCUT2D eigenvalue weighted by molar-refractivity contribution is 0.0703. The molecular formula is C17H27ClN4O2. The zero-order chi connectivity index (χ0) is 16.8. The second-order valence-electron chi connectivity index (χ2n) is 6.23. The Kier molecular flexibility index (Phi) is 8.01. The number of benzene rings is 1. The number of carbonyl (C=O) groups excluding carboxylic acids is 2. The molecule has 1 aliphatic heterocycles. The SMILES string of the molecule is CC(C)NC(=O)Nc1ccc(C(=O)N(C)C2CCNCC2)cc1.Cl. The van der Waals surface area contributed by atoms with Gasteiger partial charge >= 0.3 is 6.03 Å². The summed E-state index contributed by atoms with van der Waals surface area (Å²) in [6, 6.07) is 7.14. The highest BCUT2D eigenvalue weighted by atomic mass is 35.5. The third-order valence-corrected chi connectivity index (χ3v) is 3.99. The maximum Gasteiger partial charge on any atom is 0.319 e. The molecule has 1 heterocycles. The first kappa shape index (κ1) is 20.3. The van der Waals surface area contributed by atoms with Crippen LogP contribution in [0.25, 0.3) is 0 Å². The number of urea groups is 1. The molecule has 0 aromatic heterocycles. The number of anilines is 1. The molecule has 1 aliphatic rings. The van der Waals surface area contributed by atoms with E-state index in [9.17, 15) is 9.59 Å². The molecule has 0 bridgehead atoms. The first-order chi connectivity index (χ1) is 11.0. The number of nitrogens with zero attached hydrogens (tertiary/aromatic N) is 1. The van der Waals surface area contributed by atoms with Gasteiger partial charge in [0.25, 0.3) is 5.91 Å². The van der Waals surface area contributed by atoms with E-state index in [-0.39, 0.29) is 30.4 Å². The van der Waals surface area contributed by atoms with E-state index in [4.69, 9.17) is 0 Å². The fraction of sp³-hybridized carbons (Fsp3) is 0.529. The van der Waals surface area contributed by atoms with Crippen LogP contribution in [0.15, 0.2) is 24.3 Å². The lowest BCUT2D eigenvalue weighted by Crippen LogP contribution is -2.43. The van der Waals surface area contributed by atoms with Crippen molar-refractivity contribution in [3.63, 3.8) is 0 Å². The van der Waals surface area contributed by atoms with Crippen LogP contribution < -0.4 is 16.0 Å². The van der Waals surface area contributed by atoms with E-state index in [2.05, 4.69) is 16.0 Å². The summed E-state index contributed by atoms with van der Waals surface area (Å²) < 4.78 is 0. The molecule has 3 amide bonds. The molecule has 0 unspecified atom stereocenters. The van der Waals surface area contributed by atoms with E-state index in [0.29, 0.717) is 17.3 Å². The summed E-state index contributed by atoms with van der Waals surface area (Å²) in [7, 11) is 1.86. The van der Waals surface area contributed by atoms with E-state index in [0.717, 1.165) is 25.9 Å². The summed E-state index contributed by atoms with van der Waals surface area (Å²) in [5.74, 6) is 0.0232. The quantitative estimate of drug-likeness (QED) is 0.777. The molecule has 0 spiro atoms. The van der Waals surface area contributed by atoms with Gasteiger partial charge in [0.05, 0.1) is 0 Å². The molecule has 0 saturated carbocycles. The summed E-state index contributed by atoms with van der Waals surface area (Å²) in [4.78, 5) is 26.0. The first-order valence-corrected chi connectivity index (χ1v) is 8.13. The number of nitrogens with one attached hydrogen (secondary N) is 3. The molecule has 1 aromatic carbocycles. The van der Waals surface area contributed by atoms with E-state index in [1.165, 1.54) is 0 Å². The van der Waals surface area contributed by atoms with Gasteiger partial charge in [0.1, 0.15) is 0 Å². The number of halogens is 1. The number of hydrogen-bond acceptors (Lipinski definition) is 3. The summed E-state index contributed by atoms with van der Waals surface area (Å²) in [6.45, 7) is 5.71. The zero-order valence-corrected chi connectivity index (χ0v) is 15.3. The number of rotatable bonds is 4. The molecule has 24 heavy (non-hydrogen) atoms. The molecule has 6 nitrogen and oxygen atoms in total. The van der Waals surface area contributed by atoms with Crippen molar-refractivity contribution >= 4 is 30.0 Å².